The molecule has 0 aliphatic carbocycles. The van der Waals surface area contributed by atoms with Gasteiger partial charge >= 0.3 is 0 Å². The van der Waals surface area contributed by atoms with Gasteiger partial charge in [-0.1, -0.05) is 32.0 Å². The predicted octanol–water partition coefficient (Wildman–Crippen LogP) is 3.20. The third kappa shape index (κ3) is 2.41. The molecule has 0 unspecified atom stereocenters. The van der Waals surface area contributed by atoms with Crippen molar-refractivity contribution in [1.82, 2.24) is 4.98 Å². The fourth-order valence-electron chi connectivity index (χ4n) is 2.02. The molecule has 0 spiro atoms. The maximum Gasteiger partial charge on any atom is 0.123 e. The van der Waals surface area contributed by atoms with Crippen molar-refractivity contribution in [1.29, 1.82) is 0 Å². The highest BCUT2D eigenvalue weighted by Crippen LogP contribution is 2.33. The maximum absolute atomic E-state index is 13.2. The van der Waals surface area contributed by atoms with Crippen LogP contribution in [0, 0.1) is 5.82 Å². The minimum absolute atomic E-state index is 0.264. The van der Waals surface area contributed by atoms with E-state index in [1.54, 1.807) is 12.3 Å². The molecule has 18 heavy (non-hydrogen) atoms. The molecule has 0 radical (unpaired) electrons. The van der Waals surface area contributed by atoms with Crippen molar-refractivity contribution in [3.05, 3.63) is 65.7 Å². The Kier molecular flexibility index (Phi) is 3.43. The molecule has 1 heterocycles. The summed E-state index contributed by atoms with van der Waals surface area (Å²) >= 11 is 0. The summed E-state index contributed by atoms with van der Waals surface area (Å²) in [6.07, 6.45) is 1.75. The van der Waals surface area contributed by atoms with Crippen molar-refractivity contribution in [2.24, 2.45) is 5.73 Å². The lowest BCUT2D eigenvalue weighted by Crippen LogP contribution is -2.34. The number of hydrogen-bond acceptors (Lipinski definition) is 2. The Labute approximate surface area is 107 Å². The zero-order valence-electron chi connectivity index (χ0n) is 10.6. The van der Waals surface area contributed by atoms with Crippen molar-refractivity contribution < 1.29 is 4.39 Å². The van der Waals surface area contributed by atoms with Gasteiger partial charge in [0.25, 0.3) is 0 Å². The molecule has 2 nitrogen and oxygen atoms in total. The molecule has 0 aliphatic rings. The minimum Gasteiger partial charge on any atom is -0.323 e. The molecule has 0 amide bonds. The number of benzene rings is 1. The number of nitrogens with zero attached hydrogens (tertiary/aromatic N) is 1. The molecular formula is C15H17FN2. The molecule has 0 fully saturated rings. The summed E-state index contributed by atoms with van der Waals surface area (Å²) < 4.78 is 13.2. The second-order valence-electron chi connectivity index (χ2n) is 4.97. The van der Waals surface area contributed by atoms with E-state index in [0.717, 1.165) is 11.3 Å². The van der Waals surface area contributed by atoms with E-state index in [1.165, 1.54) is 12.1 Å². The van der Waals surface area contributed by atoms with E-state index < -0.39 is 0 Å². The summed E-state index contributed by atoms with van der Waals surface area (Å²) in [6, 6.07) is 11.9. The van der Waals surface area contributed by atoms with E-state index >= 15 is 0 Å². The lowest BCUT2D eigenvalue weighted by molar-refractivity contribution is 0.408. The second-order valence-corrected chi connectivity index (χ2v) is 4.97. The first-order valence-electron chi connectivity index (χ1n) is 5.94. The fourth-order valence-corrected chi connectivity index (χ4v) is 2.02. The zero-order chi connectivity index (χ0) is 13.2. The summed E-state index contributed by atoms with van der Waals surface area (Å²) in [7, 11) is 0. The Morgan fingerprint density at radius 1 is 1.17 bits per heavy atom. The number of pyridine rings is 1. The van der Waals surface area contributed by atoms with E-state index in [-0.39, 0.29) is 17.3 Å². The van der Waals surface area contributed by atoms with Crippen molar-refractivity contribution in [3.8, 4) is 0 Å². The third-order valence-corrected chi connectivity index (χ3v) is 3.31. The first-order valence-corrected chi connectivity index (χ1v) is 5.94. The van der Waals surface area contributed by atoms with Crippen LogP contribution in [0.3, 0.4) is 0 Å². The van der Waals surface area contributed by atoms with Crippen LogP contribution in [0.15, 0.2) is 48.7 Å². The van der Waals surface area contributed by atoms with Gasteiger partial charge in [-0.05, 0) is 29.8 Å². The molecule has 3 heteroatoms. The molecule has 1 aromatic heterocycles. The topological polar surface area (TPSA) is 38.9 Å². The summed E-state index contributed by atoms with van der Waals surface area (Å²) in [5, 5.41) is 0. The normalized spacial score (nSPS) is 13.3. The van der Waals surface area contributed by atoms with Crippen LogP contribution in [-0.2, 0) is 5.41 Å². The fraction of sp³-hybridized carbons (Fsp3) is 0.267. The number of hydrogen-bond donors (Lipinski definition) is 1. The largest absolute Gasteiger partial charge is 0.323 e. The molecule has 0 bridgehead atoms. The quantitative estimate of drug-likeness (QED) is 0.900. The van der Waals surface area contributed by atoms with E-state index in [1.807, 2.05) is 38.1 Å². The summed E-state index contributed by atoms with van der Waals surface area (Å²) in [5.74, 6) is -0.264. The molecule has 0 aliphatic heterocycles. The minimum atomic E-state index is -0.352. The third-order valence-electron chi connectivity index (χ3n) is 3.31. The molecule has 2 rings (SSSR count). The number of halogens is 1. The standard InChI is InChI=1S/C15H17FN2/c1-15(2,13-8-3-4-9-18-13)14(17)11-6-5-7-12(16)10-11/h3-10,14H,17H2,1-2H3/t14-/m1/s1. The van der Waals surface area contributed by atoms with Gasteiger partial charge in [0.15, 0.2) is 0 Å². The second kappa shape index (κ2) is 4.86. The zero-order valence-corrected chi connectivity index (χ0v) is 10.6. The highest BCUT2D eigenvalue weighted by atomic mass is 19.1. The van der Waals surface area contributed by atoms with Gasteiger partial charge in [0.05, 0.1) is 0 Å². The van der Waals surface area contributed by atoms with Crippen LogP contribution in [0.4, 0.5) is 4.39 Å². The van der Waals surface area contributed by atoms with Crippen LogP contribution in [0.25, 0.3) is 0 Å². The molecule has 0 saturated heterocycles. The van der Waals surface area contributed by atoms with Gasteiger partial charge in [-0.25, -0.2) is 4.39 Å². The molecule has 2 aromatic rings. The smallest absolute Gasteiger partial charge is 0.123 e. The number of nitrogens with two attached hydrogens (primary N) is 1. The van der Waals surface area contributed by atoms with Crippen LogP contribution in [0.5, 0.6) is 0 Å². The van der Waals surface area contributed by atoms with E-state index in [4.69, 9.17) is 5.73 Å². The van der Waals surface area contributed by atoms with Crippen LogP contribution >= 0.6 is 0 Å². The number of aromatic nitrogens is 1. The van der Waals surface area contributed by atoms with Gasteiger partial charge < -0.3 is 5.73 Å². The van der Waals surface area contributed by atoms with Gasteiger partial charge in [-0.3, -0.25) is 4.98 Å². The average molecular weight is 244 g/mol. The maximum atomic E-state index is 13.2. The molecule has 0 saturated carbocycles. The first kappa shape index (κ1) is 12.7. The van der Waals surface area contributed by atoms with Crippen molar-refractivity contribution in [3.63, 3.8) is 0 Å². The van der Waals surface area contributed by atoms with Crippen molar-refractivity contribution in [2.75, 3.05) is 0 Å². The molecule has 1 aromatic carbocycles. The Balaban J connectivity index is 2.36. The van der Waals surface area contributed by atoms with Gasteiger partial charge in [-0.15, -0.1) is 0 Å². The molecule has 94 valence electrons. The summed E-state index contributed by atoms with van der Waals surface area (Å²) in [5.41, 5.74) is 7.60. The van der Waals surface area contributed by atoms with Gasteiger partial charge in [-0.2, -0.15) is 0 Å². The molecule has 1 atom stereocenters. The molecule has 2 N–H and O–H groups in total. The van der Waals surface area contributed by atoms with E-state index in [0.29, 0.717) is 0 Å². The van der Waals surface area contributed by atoms with E-state index in [2.05, 4.69) is 4.98 Å². The monoisotopic (exact) mass is 244 g/mol. The van der Waals surface area contributed by atoms with Crippen LogP contribution < -0.4 is 5.73 Å². The van der Waals surface area contributed by atoms with Crippen molar-refractivity contribution in [2.45, 2.75) is 25.3 Å². The highest BCUT2D eigenvalue weighted by Gasteiger charge is 2.31. The number of rotatable bonds is 3. The highest BCUT2D eigenvalue weighted by molar-refractivity contribution is 5.28. The molecular weight excluding hydrogens is 227 g/mol. The Morgan fingerprint density at radius 3 is 2.56 bits per heavy atom. The van der Waals surface area contributed by atoms with Crippen LogP contribution in [0.1, 0.15) is 31.1 Å². The SMILES string of the molecule is CC(C)(c1ccccn1)[C@H](N)c1cccc(F)c1. The summed E-state index contributed by atoms with van der Waals surface area (Å²) in [4.78, 5) is 4.35. The van der Waals surface area contributed by atoms with Crippen LogP contribution in [0.2, 0.25) is 0 Å². The van der Waals surface area contributed by atoms with Crippen molar-refractivity contribution >= 4 is 0 Å². The lowest BCUT2D eigenvalue weighted by Gasteiger charge is -2.31. The first-order chi connectivity index (χ1) is 8.51. The Morgan fingerprint density at radius 2 is 1.94 bits per heavy atom. The Hall–Kier alpha value is -1.74. The van der Waals surface area contributed by atoms with Gasteiger partial charge in [0, 0.05) is 23.3 Å². The Bertz CT molecular complexity index is 523. The van der Waals surface area contributed by atoms with E-state index in [9.17, 15) is 4.39 Å². The van der Waals surface area contributed by atoms with Gasteiger partial charge in [0.2, 0.25) is 0 Å². The average Bonchev–Trinajstić information content (AvgIpc) is 2.39. The lowest BCUT2D eigenvalue weighted by atomic mass is 9.78. The van der Waals surface area contributed by atoms with Crippen LogP contribution in [-0.4, -0.2) is 4.98 Å². The predicted molar refractivity (Wildman–Crippen MR) is 70.6 cm³/mol. The van der Waals surface area contributed by atoms with Gasteiger partial charge in [0.1, 0.15) is 5.82 Å². The summed E-state index contributed by atoms with van der Waals surface area (Å²) in [6.45, 7) is 4.04.